The Morgan fingerprint density at radius 1 is 1.47 bits per heavy atom. The molecule has 0 aliphatic rings. The number of allylic oxidation sites excluding steroid dienone is 1. The smallest absolute Gasteiger partial charge is 0.428 e. The molecule has 6 heteroatoms. The van der Waals surface area contributed by atoms with Gasteiger partial charge in [0.15, 0.2) is 0 Å². The summed E-state index contributed by atoms with van der Waals surface area (Å²) < 4.78 is 41.4. The van der Waals surface area contributed by atoms with Crippen LogP contribution in [0.15, 0.2) is 12.2 Å². The molecule has 0 rings (SSSR count). The summed E-state index contributed by atoms with van der Waals surface area (Å²) in [5.41, 5.74) is -3.45. The summed E-state index contributed by atoms with van der Waals surface area (Å²) in [7, 11) is 0. The average Bonchev–Trinajstić information content (AvgIpc) is 2.12. The van der Waals surface area contributed by atoms with Crippen LogP contribution >= 0.6 is 0 Å². The van der Waals surface area contributed by atoms with Crippen LogP contribution in [-0.2, 0) is 9.53 Å². The molecule has 1 unspecified atom stereocenters. The van der Waals surface area contributed by atoms with E-state index in [0.717, 1.165) is 6.08 Å². The minimum atomic E-state index is -5.04. The summed E-state index contributed by atoms with van der Waals surface area (Å²) in [6.45, 7) is 2.64. The summed E-state index contributed by atoms with van der Waals surface area (Å²) in [4.78, 5) is 11.0. The number of ether oxygens (including phenoxy) is 1. The molecule has 0 saturated heterocycles. The molecule has 0 aliphatic carbocycles. The highest BCUT2D eigenvalue weighted by molar-refractivity contribution is 5.80. The van der Waals surface area contributed by atoms with Crippen molar-refractivity contribution in [3.05, 3.63) is 12.2 Å². The second kappa shape index (κ2) is 5.16. The van der Waals surface area contributed by atoms with Gasteiger partial charge in [-0.15, -0.1) is 0 Å². The second-order valence-electron chi connectivity index (χ2n) is 2.85. The van der Waals surface area contributed by atoms with E-state index < -0.39 is 24.2 Å². The Hall–Kier alpha value is -1.04. The molecule has 3 nitrogen and oxygen atoms in total. The van der Waals surface area contributed by atoms with Gasteiger partial charge in [0.2, 0.25) is 0 Å². The average molecular weight is 226 g/mol. The molecule has 0 amide bonds. The van der Waals surface area contributed by atoms with Crippen molar-refractivity contribution < 1.29 is 27.8 Å². The fourth-order valence-corrected chi connectivity index (χ4v) is 0.854. The fourth-order valence-electron chi connectivity index (χ4n) is 0.854. The number of aliphatic hydroxyl groups is 1. The molecule has 0 heterocycles. The van der Waals surface area contributed by atoms with Gasteiger partial charge in [-0.3, -0.25) is 0 Å². The molecule has 0 aromatic rings. The predicted molar refractivity (Wildman–Crippen MR) is 47.1 cm³/mol. The van der Waals surface area contributed by atoms with Crippen LogP contribution in [-0.4, -0.2) is 29.5 Å². The molecule has 0 spiro atoms. The first-order valence-electron chi connectivity index (χ1n) is 4.37. The number of alkyl halides is 3. The Morgan fingerprint density at radius 2 is 2.00 bits per heavy atom. The topological polar surface area (TPSA) is 46.5 Å². The van der Waals surface area contributed by atoms with E-state index in [-0.39, 0.29) is 6.61 Å². The van der Waals surface area contributed by atoms with Crippen molar-refractivity contribution in [1.29, 1.82) is 0 Å². The van der Waals surface area contributed by atoms with Crippen LogP contribution in [0.25, 0.3) is 0 Å². The maximum absolute atomic E-state index is 12.4. The van der Waals surface area contributed by atoms with E-state index >= 15 is 0 Å². The van der Waals surface area contributed by atoms with Gasteiger partial charge in [-0.2, -0.15) is 13.2 Å². The summed E-state index contributed by atoms with van der Waals surface area (Å²) in [6.07, 6.45) is -3.51. The molecule has 0 bridgehead atoms. The highest BCUT2D eigenvalue weighted by Crippen LogP contribution is 2.34. The maximum atomic E-state index is 12.4. The molecule has 0 aromatic heterocycles. The first-order valence-corrected chi connectivity index (χ1v) is 4.37. The third-order valence-electron chi connectivity index (χ3n) is 1.73. The Balaban J connectivity index is 4.93. The maximum Gasteiger partial charge on any atom is 0.428 e. The third-order valence-corrected chi connectivity index (χ3v) is 1.73. The molecule has 88 valence electrons. The Morgan fingerprint density at radius 3 is 2.33 bits per heavy atom. The lowest BCUT2D eigenvalue weighted by Gasteiger charge is -2.26. The van der Waals surface area contributed by atoms with Gasteiger partial charge in [0, 0.05) is 6.42 Å². The van der Waals surface area contributed by atoms with Gasteiger partial charge in [0.25, 0.3) is 5.60 Å². The van der Waals surface area contributed by atoms with E-state index in [2.05, 4.69) is 4.74 Å². The molecule has 0 fully saturated rings. The normalized spacial score (nSPS) is 16.4. The van der Waals surface area contributed by atoms with Crippen LogP contribution < -0.4 is 0 Å². The number of esters is 1. The summed E-state index contributed by atoms with van der Waals surface area (Å²) in [5.74, 6) is -1.67. The zero-order valence-electron chi connectivity index (χ0n) is 8.47. The number of rotatable bonds is 4. The standard InChI is InChI=1S/C9H13F3O3/c1-3-5-6-8(14,9(10,11)12)7(13)15-4-2/h3,5,14H,4,6H2,1-2H3. The largest absolute Gasteiger partial charge is 0.464 e. The zero-order chi connectivity index (χ0) is 12.1. The van der Waals surface area contributed by atoms with Gasteiger partial charge in [0.05, 0.1) is 6.61 Å². The predicted octanol–water partition coefficient (Wildman–Crippen LogP) is 1.81. The van der Waals surface area contributed by atoms with Gasteiger partial charge >= 0.3 is 12.1 Å². The molecule has 1 N–H and O–H groups in total. The second-order valence-corrected chi connectivity index (χ2v) is 2.85. The fraction of sp³-hybridized carbons (Fsp3) is 0.667. The highest BCUT2D eigenvalue weighted by atomic mass is 19.4. The first kappa shape index (κ1) is 14.0. The lowest BCUT2D eigenvalue weighted by atomic mass is 9.99. The van der Waals surface area contributed by atoms with E-state index in [1.807, 2.05) is 0 Å². The minimum absolute atomic E-state index is 0.215. The van der Waals surface area contributed by atoms with Gasteiger partial charge < -0.3 is 9.84 Å². The Labute approximate surface area is 85.5 Å². The first-order chi connectivity index (χ1) is 6.79. The molecule has 0 saturated carbocycles. The molecule has 0 radical (unpaired) electrons. The summed E-state index contributed by atoms with van der Waals surface area (Å²) in [6, 6.07) is 0. The lowest BCUT2D eigenvalue weighted by Crippen LogP contribution is -2.52. The number of carbonyl (C=O) groups is 1. The van der Waals surface area contributed by atoms with E-state index in [4.69, 9.17) is 0 Å². The van der Waals surface area contributed by atoms with Crippen molar-refractivity contribution in [2.45, 2.75) is 32.0 Å². The van der Waals surface area contributed by atoms with Gasteiger partial charge in [-0.05, 0) is 13.8 Å². The number of halogens is 3. The van der Waals surface area contributed by atoms with Crippen LogP contribution in [0, 0.1) is 0 Å². The number of carbonyl (C=O) groups excluding carboxylic acids is 1. The van der Waals surface area contributed by atoms with Crippen molar-refractivity contribution in [3.63, 3.8) is 0 Å². The molecule has 0 aliphatic heterocycles. The third kappa shape index (κ3) is 3.23. The highest BCUT2D eigenvalue weighted by Gasteiger charge is 2.59. The van der Waals surface area contributed by atoms with Crippen LogP contribution in [0.3, 0.4) is 0 Å². The van der Waals surface area contributed by atoms with Gasteiger partial charge in [-0.25, -0.2) is 4.79 Å². The Bertz CT molecular complexity index is 247. The number of hydrogen-bond donors (Lipinski definition) is 1. The number of hydrogen-bond acceptors (Lipinski definition) is 3. The van der Waals surface area contributed by atoms with Crippen molar-refractivity contribution in [2.75, 3.05) is 6.61 Å². The lowest BCUT2D eigenvalue weighted by molar-refractivity contribution is -0.261. The molecular formula is C9H13F3O3. The van der Waals surface area contributed by atoms with Crippen LogP contribution in [0.4, 0.5) is 13.2 Å². The molecule has 1 atom stereocenters. The van der Waals surface area contributed by atoms with E-state index in [0.29, 0.717) is 0 Å². The van der Waals surface area contributed by atoms with Crippen LogP contribution in [0.5, 0.6) is 0 Å². The molecular weight excluding hydrogens is 213 g/mol. The van der Waals surface area contributed by atoms with Crippen molar-refractivity contribution in [1.82, 2.24) is 0 Å². The van der Waals surface area contributed by atoms with E-state index in [1.165, 1.54) is 19.9 Å². The van der Waals surface area contributed by atoms with Crippen molar-refractivity contribution in [3.8, 4) is 0 Å². The molecule has 0 aromatic carbocycles. The zero-order valence-corrected chi connectivity index (χ0v) is 8.47. The van der Waals surface area contributed by atoms with Crippen molar-refractivity contribution in [2.24, 2.45) is 0 Å². The Kier molecular flexibility index (Phi) is 4.80. The van der Waals surface area contributed by atoms with Crippen LogP contribution in [0.1, 0.15) is 20.3 Å². The van der Waals surface area contributed by atoms with Gasteiger partial charge in [-0.1, -0.05) is 12.2 Å². The monoisotopic (exact) mass is 226 g/mol. The summed E-state index contributed by atoms with van der Waals surface area (Å²) >= 11 is 0. The SMILES string of the molecule is CC=CCC(O)(C(=O)OCC)C(F)(F)F. The van der Waals surface area contributed by atoms with Crippen molar-refractivity contribution >= 4 is 5.97 Å². The van der Waals surface area contributed by atoms with E-state index in [9.17, 15) is 23.1 Å². The van der Waals surface area contributed by atoms with Gasteiger partial charge in [0.1, 0.15) is 0 Å². The molecule has 15 heavy (non-hydrogen) atoms. The summed E-state index contributed by atoms with van der Waals surface area (Å²) in [5, 5.41) is 9.23. The van der Waals surface area contributed by atoms with Crippen LogP contribution in [0.2, 0.25) is 0 Å². The quantitative estimate of drug-likeness (QED) is 0.587. The van der Waals surface area contributed by atoms with E-state index in [1.54, 1.807) is 0 Å². The minimum Gasteiger partial charge on any atom is -0.464 e.